The van der Waals surface area contributed by atoms with Crippen molar-refractivity contribution in [3.8, 4) is 0 Å². The molecule has 1 amide bonds. The quantitative estimate of drug-likeness (QED) is 0.758. The van der Waals surface area contributed by atoms with E-state index in [9.17, 15) is 9.18 Å². The summed E-state index contributed by atoms with van der Waals surface area (Å²) in [6, 6.07) is 4.55. The smallest absolute Gasteiger partial charge is 0.217 e. The van der Waals surface area contributed by atoms with E-state index in [0.29, 0.717) is 5.69 Å². The Morgan fingerprint density at radius 3 is 3.00 bits per heavy atom. The molecule has 2 rings (SSSR count). The number of hydrogen-bond donors (Lipinski definition) is 2. The number of rotatable bonds is 2. The number of nitrogens with two attached hydrogens (primary N) is 1. The molecule has 17 heavy (non-hydrogen) atoms. The van der Waals surface area contributed by atoms with Gasteiger partial charge >= 0.3 is 0 Å². The predicted molar refractivity (Wildman–Crippen MR) is 65.2 cm³/mol. The van der Waals surface area contributed by atoms with E-state index in [2.05, 4.69) is 10.2 Å². The van der Waals surface area contributed by atoms with Crippen molar-refractivity contribution in [1.82, 2.24) is 5.32 Å². The van der Waals surface area contributed by atoms with Crippen LogP contribution in [0, 0.1) is 5.82 Å². The second-order valence-electron chi connectivity index (χ2n) is 4.34. The normalized spacial score (nSPS) is 19.4. The van der Waals surface area contributed by atoms with Crippen molar-refractivity contribution in [3.05, 3.63) is 24.0 Å². The standard InChI is InChI=1S/C12H16FN3O/c1-8(17)15-10-4-5-16(7-10)12-3-2-9(13)6-11(12)14/h2-3,6,10H,4-5,7,14H2,1H3,(H,15,17). The summed E-state index contributed by atoms with van der Waals surface area (Å²) in [7, 11) is 0. The highest BCUT2D eigenvalue weighted by Crippen LogP contribution is 2.27. The summed E-state index contributed by atoms with van der Waals surface area (Å²) in [4.78, 5) is 13.0. The number of carbonyl (C=O) groups excluding carboxylic acids is 1. The monoisotopic (exact) mass is 237 g/mol. The fourth-order valence-electron chi connectivity index (χ4n) is 2.20. The first-order chi connectivity index (χ1) is 8.06. The maximum Gasteiger partial charge on any atom is 0.217 e. The Kier molecular flexibility index (Phi) is 3.17. The Labute approximate surface area is 99.6 Å². The lowest BCUT2D eigenvalue weighted by molar-refractivity contribution is -0.119. The van der Waals surface area contributed by atoms with E-state index >= 15 is 0 Å². The molecule has 0 spiro atoms. The van der Waals surface area contributed by atoms with Crippen molar-refractivity contribution in [3.63, 3.8) is 0 Å². The van der Waals surface area contributed by atoms with E-state index in [4.69, 9.17) is 5.73 Å². The summed E-state index contributed by atoms with van der Waals surface area (Å²) in [5.41, 5.74) is 7.05. The van der Waals surface area contributed by atoms with Crippen LogP contribution in [0.15, 0.2) is 18.2 Å². The number of hydrogen-bond acceptors (Lipinski definition) is 3. The molecule has 1 unspecified atom stereocenters. The van der Waals surface area contributed by atoms with Gasteiger partial charge in [0.05, 0.1) is 11.4 Å². The first-order valence-corrected chi connectivity index (χ1v) is 5.63. The minimum atomic E-state index is -0.330. The van der Waals surface area contributed by atoms with Gasteiger partial charge in [0.25, 0.3) is 0 Å². The van der Waals surface area contributed by atoms with Gasteiger partial charge in [-0.1, -0.05) is 0 Å². The molecule has 0 aromatic heterocycles. The fourth-order valence-corrected chi connectivity index (χ4v) is 2.20. The maximum absolute atomic E-state index is 12.9. The van der Waals surface area contributed by atoms with Crippen molar-refractivity contribution >= 4 is 17.3 Å². The van der Waals surface area contributed by atoms with Crippen LogP contribution >= 0.6 is 0 Å². The predicted octanol–water partition coefficient (Wildman–Crippen LogP) is 1.12. The number of anilines is 2. The number of nitrogen functional groups attached to an aromatic ring is 1. The molecular weight excluding hydrogens is 221 g/mol. The average Bonchev–Trinajstić information content (AvgIpc) is 2.65. The van der Waals surface area contributed by atoms with E-state index in [1.54, 1.807) is 6.07 Å². The Bertz CT molecular complexity index is 436. The highest BCUT2D eigenvalue weighted by molar-refractivity contribution is 5.74. The van der Waals surface area contributed by atoms with Gasteiger partial charge in [-0.25, -0.2) is 4.39 Å². The molecule has 1 aliphatic rings. The van der Waals surface area contributed by atoms with Gasteiger partial charge in [-0.3, -0.25) is 4.79 Å². The van der Waals surface area contributed by atoms with E-state index in [-0.39, 0.29) is 17.8 Å². The number of nitrogens with one attached hydrogen (secondary N) is 1. The molecule has 1 fully saturated rings. The van der Waals surface area contributed by atoms with Gasteiger partial charge in [0.1, 0.15) is 5.82 Å². The van der Waals surface area contributed by atoms with Crippen LogP contribution in [-0.2, 0) is 4.79 Å². The van der Waals surface area contributed by atoms with Crippen LogP contribution in [0.5, 0.6) is 0 Å². The average molecular weight is 237 g/mol. The van der Waals surface area contributed by atoms with Crippen LogP contribution in [0.2, 0.25) is 0 Å². The lowest BCUT2D eigenvalue weighted by atomic mass is 10.2. The van der Waals surface area contributed by atoms with Crippen LogP contribution in [0.1, 0.15) is 13.3 Å². The fraction of sp³-hybridized carbons (Fsp3) is 0.417. The summed E-state index contributed by atoms with van der Waals surface area (Å²) in [5.74, 6) is -0.354. The molecule has 1 heterocycles. The zero-order chi connectivity index (χ0) is 12.4. The maximum atomic E-state index is 12.9. The third-order valence-electron chi connectivity index (χ3n) is 2.93. The number of halogens is 1. The van der Waals surface area contributed by atoms with Gasteiger partial charge < -0.3 is 16.0 Å². The lowest BCUT2D eigenvalue weighted by Crippen LogP contribution is -2.35. The molecule has 3 N–H and O–H groups in total. The number of amides is 1. The minimum Gasteiger partial charge on any atom is -0.397 e. The number of carbonyl (C=O) groups is 1. The van der Waals surface area contributed by atoms with Crippen LogP contribution in [0.4, 0.5) is 15.8 Å². The van der Waals surface area contributed by atoms with Crippen LogP contribution in [0.25, 0.3) is 0 Å². The highest BCUT2D eigenvalue weighted by Gasteiger charge is 2.24. The molecule has 0 aliphatic carbocycles. The second kappa shape index (κ2) is 4.61. The van der Waals surface area contributed by atoms with Gasteiger partial charge in [0.15, 0.2) is 0 Å². The minimum absolute atomic E-state index is 0.0241. The van der Waals surface area contributed by atoms with E-state index in [0.717, 1.165) is 25.2 Å². The Hall–Kier alpha value is -1.78. The van der Waals surface area contributed by atoms with Gasteiger partial charge in [0.2, 0.25) is 5.91 Å². The molecule has 1 saturated heterocycles. The third-order valence-corrected chi connectivity index (χ3v) is 2.93. The Morgan fingerprint density at radius 2 is 2.35 bits per heavy atom. The largest absolute Gasteiger partial charge is 0.397 e. The van der Waals surface area contributed by atoms with E-state index in [1.165, 1.54) is 19.1 Å². The number of nitrogens with zero attached hydrogens (tertiary/aromatic N) is 1. The zero-order valence-corrected chi connectivity index (χ0v) is 9.74. The van der Waals surface area contributed by atoms with Crippen molar-refractivity contribution in [2.24, 2.45) is 0 Å². The first-order valence-electron chi connectivity index (χ1n) is 5.63. The molecule has 5 heteroatoms. The molecule has 1 atom stereocenters. The van der Waals surface area contributed by atoms with Gasteiger partial charge in [-0.2, -0.15) is 0 Å². The number of benzene rings is 1. The molecule has 0 radical (unpaired) electrons. The van der Waals surface area contributed by atoms with Crippen molar-refractivity contribution in [2.45, 2.75) is 19.4 Å². The van der Waals surface area contributed by atoms with Crippen molar-refractivity contribution < 1.29 is 9.18 Å². The topological polar surface area (TPSA) is 58.4 Å². The third kappa shape index (κ3) is 2.67. The van der Waals surface area contributed by atoms with Gasteiger partial charge in [-0.15, -0.1) is 0 Å². The molecular formula is C12H16FN3O. The Morgan fingerprint density at radius 1 is 1.59 bits per heavy atom. The van der Waals surface area contributed by atoms with E-state index < -0.39 is 0 Å². The van der Waals surface area contributed by atoms with E-state index in [1.807, 2.05) is 0 Å². The van der Waals surface area contributed by atoms with Crippen LogP contribution < -0.4 is 16.0 Å². The molecule has 4 nitrogen and oxygen atoms in total. The van der Waals surface area contributed by atoms with Crippen LogP contribution in [-0.4, -0.2) is 25.0 Å². The lowest BCUT2D eigenvalue weighted by Gasteiger charge is -2.20. The summed E-state index contributed by atoms with van der Waals surface area (Å²) in [6.07, 6.45) is 0.885. The molecule has 1 aliphatic heterocycles. The zero-order valence-electron chi connectivity index (χ0n) is 9.74. The van der Waals surface area contributed by atoms with Gasteiger partial charge in [-0.05, 0) is 24.6 Å². The summed E-state index contributed by atoms with van der Waals surface area (Å²) >= 11 is 0. The van der Waals surface area contributed by atoms with Crippen molar-refractivity contribution in [1.29, 1.82) is 0 Å². The van der Waals surface area contributed by atoms with Crippen molar-refractivity contribution in [2.75, 3.05) is 23.7 Å². The first kappa shape index (κ1) is 11.7. The van der Waals surface area contributed by atoms with Crippen LogP contribution in [0.3, 0.4) is 0 Å². The summed E-state index contributed by atoms with van der Waals surface area (Å²) < 4.78 is 12.9. The molecule has 92 valence electrons. The molecule has 1 aromatic carbocycles. The molecule has 0 bridgehead atoms. The highest BCUT2D eigenvalue weighted by atomic mass is 19.1. The SMILES string of the molecule is CC(=O)NC1CCN(c2ccc(F)cc2N)C1. The molecule has 0 saturated carbocycles. The van der Waals surface area contributed by atoms with Gasteiger partial charge in [0, 0.05) is 26.1 Å². The summed E-state index contributed by atoms with van der Waals surface area (Å²) in [6.45, 7) is 3.05. The molecule has 1 aromatic rings. The second-order valence-corrected chi connectivity index (χ2v) is 4.34. The Balaban J connectivity index is 2.07. The summed E-state index contributed by atoms with van der Waals surface area (Å²) in [5, 5.41) is 2.88.